The number of halogens is 1. The van der Waals surface area contributed by atoms with Crippen LogP contribution in [0.2, 0.25) is 5.02 Å². The molecular weight excluding hydrogens is 332 g/mol. The number of hydrogen-bond acceptors (Lipinski definition) is 3. The molecule has 0 aromatic heterocycles. The number of thiocarbonyl (C=S) groups is 1. The Morgan fingerprint density at radius 1 is 1.13 bits per heavy atom. The van der Waals surface area contributed by atoms with E-state index >= 15 is 0 Å². The Bertz CT molecular complexity index is 679. The molecule has 2 aromatic rings. The second kappa shape index (κ2) is 8.60. The number of ether oxygens (including phenoxy) is 2. The monoisotopic (exact) mass is 350 g/mol. The summed E-state index contributed by atoms with van der Waals surface area (Å²) in [5.74, 6) is 1.43. The second-order valence-electron chi connectivity index (χ2n) is 4.83. The molecule has 0 aliphatic heterocycles. The lowest BCUT2D eigenvalue weighted by atomic mass is 10.1. The van der Waals surface area contributed by atoms with Gasteiger partial charge in [0.2, 0.25) is 0 Å². The van der Waals surface area contributed by atoms with Crippen LogP contribution in [0, 0.1) is 0 Å². The lowest BCUT2D eigenvalue weighted by Crippen LogP contribution is -2.30. The molecule has 2 rings (SSSR count). The molecule has 0 aliphatic rings. The maximum atomic E-state index is 5.97. The van der Waals surface area contributed by atoms with Crippen LogP contribution in [0.4, 0.5) is 5.69 Å². The summed E-state index contributed by atoms with van der Waals surface area (Å²) in [6.45, 7) is 0.707. The lowest BCUT2D eigenvalue weighted by molar-refractivity contribution is 0.405. The van der Waals surface area contributed by atoms with Crippen LogP contribution in [0.1, 0.15) is 5.56 Å². The Hall–Kier alpha value is -1.98. The number of anilines is 1. The van der Waals surface area contributed by atoms with Crippen molar-refractivity contribution in [2.24, 2.45) is 0 Å². The normalized spacial score (nSPS) is 10.0. The van der Waals surface area contributed by atoms with Crippen molar-refractivity contribution in [3.63, 3.8) is 0 Å². The summed E-state index contributed by atoms with van der Waals surface area (Å²) in [6, 6.07) is 13.3. The topological polar surface area (TPSA) is 42.5 Å². The first kappa shape index (κ1) is 17.4. The third-order valence-electron chi connectivity index (χ3n) is 3.24. The molecule has 0 aliphatic carbocycles. The number of rotatable bonds is 6. The highest BCUT2D eigenvalue weighted by atomic mass is 35.5. The maximum Gasteiger partial charge on any atom is 0.170 e. The summed E-state index contributed by atoms with van der Waals surface area (Å²) in [7, 11) is 3.23. The molecule has 6 heteroatoms. The zero-order valence-corrected chi connectivity index (χ0v) is 14.6. The van der Waals surface area contributed by atoms with Crippen LogP contribution in [0.3, 0.4) is 0 Å². The molecule has 2 N–H and O–H groups in total. The van der Waals surface area contributed by atoms with E-state index in [0.29, 0.717) is 17.4 Å². The molecule has 0 saturated heterocycles. The van der Waals surface area contributed by atoms with Gasteiger partial charge in [0.05, 0.1) is 19.9 Å². The fourth-order valence-corrected chi connectivity index (χ4v) is 2.52. The first-order valence-corrected chi connectivity index (χ1v) is 7.92. The lowest BCUT2D eigenvalue weighted by Gasteiger charge is -2.14. The molecule has 0 bridgehead atoms. The predicted octanol–water partition coefficient (Wildman–Crippen LogP) is 3.89. The van der Waals surface area contributed by atoms with Crippen molar-refractivity contribution in [2.75, 3.05) is 26.1 Å². The van der Waals surface area contributed by atoms with E-state index in [1.165, 1.54) is 0 Å². The number of nitrogens with one attached hydrogen (secondary N) is 2. The first-order valence-electron chi connectivity index (χ1n) is 7.13. The van der Waals surface area contributed by atoms with Crippen molar-refractivity contribution in [2.45, 2.75) is 6.42 Å². The van der Waals surface area contributed by atoms with Gasteiger partial charge in [-0.25, -0.2) is 0 Å². The molecule has 0 radical (unpaired) electrons. The zero-order valence-electron chi connectivity index (χ0n) is 13.1. The maximum absolute atomic E-state index is 5.97. The van der Waals surface area contributed by atoms with Crippen LogP contribution in [-0.2, 0) is 6.42 Å². The molecule has 0 fully saturated rings. The van der Waals surface area contributed by atoms with Crippen LogP contribution < -0.4 is 20.1 Å². The van der Waals surface area contributed by atoms with Crippen molar-refractivity contribution in [3.05, 3.63) is 53.1 Å². The predicted molar refractivity (Wildman–Crippen MR) is 98.9 cm³/mol. The Kier molecular flexibility index (Phi) is 6.50. The van der Waals surface area contributed by atoms with Crippen LogP contribution in [0.15, 0.2) is 42.5 Å². The van der Waals surface area contributed by atoms with Crippen molar-refractivity contribution in [1.82, 2.24) is 5.32 Å². The Morgan fingerprint density at radius 3 is 2.65 bits per heavy atom. The molecule has 0 heterocycles. The minimum absolute atomic E-state index is 0.526. The Labute approximate surface area is 146 Å². The zero-order chi connectivity index (χ0) is 16.7. The fraction of sp³-hybridized carbons (Fsp3) is 0.235. The van der Waals surface area contributed by atoms with Crippen LogP contribution in [0.25, 0.3) is 0 Å². The van der Waals surface area contributed by atoms with Crippen LogP contribution in [-0.4, -0.2) is 25.9 Å². The Morgan fingerprint density at radius 2 is 1.96 bits per heavy atom. The van der Waals surface area contributed by atoms with Gasteiger partial charge in [0.1, 0.15) is 11.5 Å². The molecule has 0 unspecified atom stereocenters. The fourth-order valence-electron chi connectivity index (χ4n) is 2.09. The molecule has 0 saturated carbocycles. The van der Waals surface area contributed by atoms with Crippen LogP contribution in [0.5, 0.6) is 11.5 Å². The molecule has 0 amide bonds. The molecule has 0 spiro atoms. The van der Waals surface area contributed by atoms with Gasteiger partial charge < -0.3 is 20.1 Å². The summed E-state index contributed by atoms with van der Waals surface area (Å²) >= 11 is 11.3. The van der Waals surface area contributed by atoms with Crippen molar-refractivity contribution < 1.29 is 9.47 Å². The largest absolute Gasteiger partial charge is 0.497 e. The molecule has 2 aromatic carbocycles. The molecular formula is C17H19ClN2O2S. The average Bonchev–Trinajstić information content (AvgIpc) is 2.55. The molecule has 0 atom stereocenters. The summed E-state index contributed by atoms with van der Waals surface area (Å²) in [5, 5.41) is 7.56. The highest BCUT2D eigenvalue weighted by molar-refractivity contribution is 7.80. The van der Waals surface area contributed by atoms with Gasteiger partial charge >= 0.3 is 0 Å². The van der Waals surface area contributed by atoms with E-state index in [1.807, 2.05) is 42.5 Å². The quantitative estimate of drug-likeness (QED) is 0.774. The highest BCUT2D eigenvalue weighted by Gasteiger charge is 2.06. The van der Waals surface area contributed by atoms with E-state index < -0.39 is 0 Å². The van der Waals surface area contributed by atoms with Crippen LogP contribution >= 0.6 is 23.8 Å². The Balaban J connectivity index is 1.89. The standard InChI is InChI=1S/C17H19ClN2O2S/c1-21-14-6-7-16(22-2)15(11-14)20-17(23)19-9-8-12-4-3-5-13(18)10-12/h3-7,10-11H,8-9H2,1-2H3,(H2,19,20,23). The minimum Gasteiger partial charge on any atom is -0.497 e. The van der Waals surface area contributed by atoms with Gasteiger partial charge in [-0.3, -0.25) is 0 Å². The van der Waals surface area contributed by atoms with E-state index in [1.54, 1.807) is 14.2 Å². The van der Waals surface area contributed by atoms with E-state index in [9.17, 15) is 0 Å². The van der Waals surface area contributed by atoms with Crippen molar-refractivity contribution in [3.8, 4) is 11.5 Å². The van der Waals surface area contributed by atoms with Crippen molar-refractivity contribution in [1.29, 1.82) is 0 Å². The second-order valence-corrected chi connectivity index (χ2v) is 5.67. The van der Waals surface area contributed by atoms with E-state index in [2.05, 4.69) is 10.6 Å². The third-order valence-corrected chi connectivity index (χ3v) is 3.72. The summed E-state index contributed by atoms with van der Waals surface area (Å²) < 4.78 is 10.5. The first-order chi connectivity index (χ1) is 11.1. The number of hydrogen-bond donors (Lipinski definition) is 2. The summed E-state index contributed by atoms with van der Waals surface area (Å²) in [5.41, 5.74) is 1.92. The van der Waals surface area contributed by atoms with E-state index in [-0.39, 0.29) is 0 Å². The van der Waals surface area contributed by atoms with Gasteiger partial charge in [0, 0.05) is 17.6 Å². The molecule has 23 heavy (non-hydrogen) atoms. The van der Waals surface area contributed by atoms with Crippen molar-refractivity contribution >= 4 is 34.6 Å². The minimum atomic E-state index is 0.526. The van der Waals surface area contributed by atoms with Gasteiger partial charge in [0.25, 0.3) is 0 Å². The van der Waals surface area contributed by atoms with Gasteiger partial charge in [-0.05, 0) is 48.5 Å². The molecule has 122 valence electrons. The van der Waals surface area contributed by atoms with E-state index in [0.717, 1.165) is 28.4 Å². The highest BCUT2D eigenvalue weighted by Crippen LogP contribution is 2.28. The van der Waals surface area contributed by atoms with Gasteiger partial charge in [0.15, 0.2) is 5.11 Å². The average molecular weight is 351 g/mol. The molecule has 4 nitrogen and oxygen atoms in total. The van der Waals surface area contributed by atoms with Gasteiger partial charge in [-0.15, -0.1) is 0 Å². The summed E-state index contributed by atoms with van der Waals surface area (Å²) in [6.07, 6.45) is 0.831. The van der Waals surface area contributed by atoms with Gasteiger partial charge in [-0.2, -0.15) is 0 Å². The van der Waals surface area contributed by atoms with Gasteiger partial charge in [-0.1, -0.05) is 23.7 Å². The van der Waals surface area contributed by atoms with E-state index in [4.69, 9.17) is 33.3 Å². The number of benzene rings is 2. The smallest absolute Gasteiger partial charge is 0.170 e. The number of methoxy groups -OCH3 is 2. The summed E-state index contributed by atoms with van der Waals surface area (Å²) in [4.78, 5) is 0. The SMILES string of the molecule is COc1ccc(OC)c(NC(=S)NCCc2cccc(Cl)c2)c1. The third kappa shape index (κ3) is 5.30.